The van der Waals surface area contributed by atoms with Gasteiger partial charge >= 0.3 is 0 Å². The van der Waals surface area contributed by atoms with Crippen molar-refractivity contribution in [2.45, 2.75) is 30.5 Å². The first-order valence-electron chi connectivity index (χ1n) is 11.5. The number of benzene rings is 4. The van der Waals surface area contributed by atoms with Gasteiger partial charge in [-0.25, -0.2) is 0 Å². The number of thioether (sulfide) groups is 1. The summed E-state index contributed by atoms with van der Waals surface area (Å²) in [6, 6.07) is 32.7. The molecular formula is C30H28N2O2S. The van der Waals surface area contributed by atoms with E-state index < -0.39 is 0 Å². The van der Waals surface area contributed by atoms with E-state index in [0.29, 0.717) is 16.8 Å². The summed E-state index contributed by atoms with van der Waals surface area (Å²) >= 11 is 1.76. The quantitative estimate of drug-likeness (QED) is 0.266. The number of nitrogens with one attached hydrogen (secondary N) is 2. The normalized spacial score (nSPS) is 11.5. The standard InChI is InChI=1S/C30H28N2O2S/c1-21-12-18-26(19-13-21)35-20-23-14-16-25(17-15-23)29(33)32-28-11-7-6-10-27(28)30(34)31-22(2)24-8-4-3-5-9-24/h3-19,22H,20H2,1-2H3,(H,31,34)(H,32,33). The first-order chi connectivity index (χ1) is 17.0. The van der Waals surface area contributed by atoms with Crippen molar-refractivity contribution >= 4 is 29.3 Å². The molecule has 2 amide bonds. The average molecular weight is 481 g/mol. The molecular weight excluding hydrogens is 452 g/mol. The summed E-state index contributed by atoms with van der Waals surface area (Å²) in [6.45, 7) is 4.02. The number of carbonyl (C=O) groups excluding carboxylic acids is 2. The Morgan fingerprint density at radius 3 is 2.14 bits per heavy atom. The Morgan fingerprint density at radius 2 is 1.43 bits per heavy atom. The molecule has 0 radical (unpaired) electrons. The minimum absolute atomic E-state index is 0.155. The van der Waals surface area contributed by atoms with E-state index in [1.165, 1.54) is 10.5 Å². The zero-order chi connectivity index (χ0) is 24.6. The number of hydrogen-bond acceptors (Lipinski definition) is 3. The van der Waals surface area contributed by atoms with E-state index in [1.54, 1.807) is 36.0 Å². The minimum Gasteiger partial charge on any atom is -0.345 e. The van der Waals surface area contributed by atoms with Crippen LogP contribution in [0.2, 0.25) is 0 Å². The number of para-hydroxylation sites is 1. The highest BCUT2D eigenvalue weighted by Gasteiger charge is 2.16. The smallest absolute Gasteiger partial charge is 0.255 e. The second-order valence-electron chi connectivity index (χ2n) is 8.40. The predicted molar refractivity (Wildman–Crippen MR) is 144 cm³/mol. The van der Waals surface area contributed by atoms with Crippen molar-refractivity contribution in [2.75, 3.05) is 5.32 Å². The molecule has 0 aromatic heterocycles. The topological polar surface area (TPSA) is 58.2 Å². The Kier molecular flexibility index (Phi) is 8.01. The van der Waals surface area contributed by atoms with E-state index in [9.17, 15) is 9.59 Å². The highest BCUT2D eigenvalue weighted by Crippen LogP contribution is 2.24. The van der Waals surface area contributed by atoms with E-state index in [2.05, 4.69) is 41.8 Å². The third-order valence-corrected chi connectivity index (χ3v) is 6.79. The molecule has 5 heteroatoms. The van der Waals surface area contributed by atoms with E-state index in [0.717, 1.165) is 16.9 Å². The van der Waals surface area contributed by atoms with Crippen LogP contribution in [0.4, 0.5) is 5.69 Å². The van der Waals surface area contributed by atoms with Crippen LogP contribution in [0.5, 0.6) is 0 Å². The lowest BCUT2D eigenvalue weighted by atomic mass is 10.1. The Labute approximate surface area is 210 Å². The predicted octanol–water partition coefficient (Wildman–Crippen LogP) is 7.03. The molecule has 176 valence electrons. The van der Waals surface area contributed by atoms with Crippen molar-refractivity contribution in [1.29, 1.82) is 0 Å². The molecule has 0 spiro atoms. The molecule has 1 atom stereocenters. The number of rotatable bonds is 8. The molecule has 0 aliphatic rings. The van der Waals surface area contributed by atoms with Gasteiger partial charge in [0.25, 0.3) is 11.8 Å². The van der Waals surface area contributed by atoms with Crippen LogP contribution in [0, 0.1) is 6.92 Å². The number of anilines is 1. The summed E-state index contributed by atoms with van der Waals surface area (Å²) in [5.74, 6) is 0.341. The Hall–Kier alpha value is -3.83. The van der Waals surface area contributed by atoms with Gasteiger partial charge in [0.1, 0.15) is 0 Å². The van der Waals surface area contributed by atoms with Crippen LogP contribution in [0.25, 0.3) is 0 Å². The second-order valence-corrected chi connectivity index (χ2v) is 9.45. The van der Waals surface area contributed by atoms with Crippen LogP contribution in [0.3, 0.4) is 0 Å². The van der Waals surface area contributed by atoms with Gasteiger partial charge in [-0.15, -0.1) is 11.8 Å². The van der Waals surface area contributed by atoms with Crippen LogP contribution < -0.4 is 10.6 Å². The molecule has 0 saturated carbocycles. The fourth-order valence-electron chi connectivity index (χ4n) is 3.64. The number of hydrogen-bond donors (Lipinski definition) is 2. The third-order valence-electron chi connectivity index (χ3n) is 5.71. The monoisotopic (exact) mass is 480 g/mol. The van der Waals surface area contributed by atoms with Gasteiger partial charge in [0.05, 0.1) is 17.3 Å². The van der Waals surface area contributed by atoms with Crippen LogP contribution in [-0.4, -0.2) is 11.8 Å². The van der Waals surface area contributed by atoms with Gasteiger partial charge in [0, 0.05) is 16.2 Å². The van der Waals surface area contributed by atoms with E-state index in [1.807, 2.05) is 61.5 Å². The average Bonchev–Trinajstić information content (AvgIpc) is 2.89. The molecule has 0 saturated heterocycles. The van der Waals surface area contributed by atoms with Gasteiger partial charge in [-0.1, -0.05) is 72.3 Å². The second kappa shape index (κ2) is 11.5. The number of aryl methyl sites for hydroxylation is 1. The molecule has 0 aliphatic heterocycles. The van der Waals surface area contributed by atoms with E-state index in [-0.39, 0.29) is 17.9 Å². The van der Waals surface area contributed by atoms with Crippen LogP contribution in [0.15, 0.2) is 108 Å². The SMILES string of the molecule is Cc1ccc(SCc2ccc(C(=O)Nc3ccccc3C(=O)NC(C)c3ccccc3)cc2)cc1. The zero-order valence-corrected chi connectivity index (χ0v) is 20.6. The van der Waals surface area contributed by atoms with Crippen molar-refractivity contribution < 1.29 is 9.59 Å². The number of carbonyl (C=O) groups is 2. The van der Waals surface area contributed by atoms with Gasteiger partial charge in [0.15, 0.2) is 0 Å². The zero-order valence-electron chi connectivity index (χ0n) is 19.8. The van der Waals surface area contributed by atoms with Crippen molar-refractivity contribution in [1.82, 2.24) is 5.32 Å². The molecule has 0 heterocycles. The minimum atomic E-state index is -0.251. The van der Waals surface area contributed by atoms with Gasteiger partial charge in [0.2, 0.25) is 0 Å². The lowest BCUT2D eigenvalue weighted by Crippen LogP contribution is -2.28. The Morgan fingerprint density at radius 1 is 0.771 bits per heavy atom. The van der Waals surface area contributed by atoms with Gasteiger partial charge in [-0.2, -0.15) is 0 Å². The number of amides is 2. The Bertz CT molecular complexity index is 1290. The summed E-state index contributed by atoms with van der Waals surface area (Å²) in [6.07, 6.45) is 0. The van der Waals surface area contributed by atoms with Gasteiger partial charge in [-0.05, 0) is 61.4 Å². The molecule has 4 aromatic carbocycles. The summed E-state index contributed by atoms with van der Waals surface area (Å²) in [7, 11) is 0. The summed E-state index contributed by atoms with van der Waals surface area (Å²) in [4.78, 5) is 27.1. The summed E-state index contributed by atoms with van der Waals surface area (Å²) in [5.41, 5.74) is 4.85. The van der Waals surface area contributed by atoms with Gasteiger partial charge < -0.3 is 10.6 Å². The molecule has 0 bridgehead atoms. The largest absolute Gasteiger partial charge is 0.345 e. The summed E-state index contributed by atoms with van der Waals surface area (Å²) in [5, 5.41) is 5.91. The first kappa shape index (κ1) is 24.3. The summed E-state index contributed by atoms with van der Waals surface area (Å²) < 4.78 is 0. The highest BCUT2D eigenvalue weighted by molar-refractivity contribution is 7.98. The fraction of sp³-hybridized carbons (Fsp3) is 0.133. The van der Waals surface area contributed by atoms with Crippen LogP contribution in [0.1, 0.15) is 50.4 Å². The maximum Gasteiger partial charge on any atom is 0.255 e. The van der Waals surface area contributed by atoms with Crippen LogP contribution in [-0.2, 0) is 5.75 Å². The van der Waals surface area contributed by atoms with Crippen molar-refractivity contribution in [3.63, 3.8) is 0 Å². The Balaban J connectivity index is 1.39. The molecule has 0 aliphatic carbocycles. The fourth-order valence-corrected chi connectivity index (χ4v) is 4.49. The lowest BCUT2D eigenvalue weighted by molar-refractivity contribution is 0.0940. The molecule has 35 heavy (non-hydrogen) atoms. The van der Waals surface area contributed by atoms with Crippen molar-refractivity contribution in [3.8, 4) is 0 Å². The lowest BCUT2D eigenvalue weighted by Gasteiger charge is -2.16. The molecule has 1 unspecified atom stereocenters. The molecule has 4 nitrogen and oxygen atoms in total. The van der Waals surface area contributed by atoms with Crippen molar-refractivity contribution in [3.05, 3.63) is 131 Å². The first-order valence-corrected chi connectivity index (χ1v) is 12.5. The van der Waals surface area contributed by atoms with Gasteiger partial charge in [-0.3, -0.25) is 9.59 Å². The van der Waals surface area contributed by atoms with E-state index in [4.69, 9.17) is 0 Å². The molecule has 4 aromatic rings. The molecule has 4 rings (SSSR count). The highest BCUT2D eigenvalue weighted by atomic mass is 32.2. The van der Waals surface area contributed by atoms with Crippen molar-refractivity contribution in [2.24, 2.45) is 0 Å². The molecule has 2 N–H and O–H groups in total. The third kappa shape index (κ3) is 6.61. The molecule has 0 fully saturated rings. The maximum absolute atomic E-state index is 13.0. The van der Waals surface area contributed by atoms with E-state index >= 15 is 0 Å². The maximum atomic E-state index is 13.0. The van der Waals surface area contributed by atoms with Crippen LogP contribution >= 0.6 is 11.8 Å².